The lowest BCUT2D eigenvalue weighted by atomic mass is 9.61. The fourth-order valence-corrected chi connectivity index (χ4v) is 5.24. The van der Waals surface area contributed by atoms with Gasteiger partial charge in [0.25, 0.3) is 0 Å². The first kappa shape index (κ1) is 18.5. The second kappa shape index (κ2) is 7.16. The molecule has 1 aliphatic carbocycles. The van der Waals surface area contributed by atoms with Crippen molar-refractivity contribution >= 4 is 0 Å². The smallest absolute Gasteiger partial charge is 0.161 e. The summed E-state index contributed by atoms with van der Waals surface area (Å²) in [7, 11) is 5.57. The number of ether oxygens (including phenoxy) is 2. The van der Waals surface area contributed by atoms with Gasteiger partial charge in [0, 0.05) is 11.5 Å². The normalized spacial score (nSPS) is 32.7. The zero-order valence-electron chi connectivity index (χ0n) is 16.3. The van der Waals surface area contributed by atoms with Gasteiger partial charge < -0.3 is 19.5 Å². The van der Waals surface area contributed by atoms with E-state index in [9.17, 15) is 5.11 Å². The van der Waals surface area contributed by atoms with E-state index in [1.54, 1.807) is 14.2 Å². The number of likely N-dealkylation sites (N-methyl/N-ethyl adjacent to an activating group) is 1. The molecule has 25 heavy (non-hydrogen) atoms. The number of hydrogen-bond acceptors (Lipinski definition) is 4. The number of fused-ring (bicyclic) bond motifs is 1. The fourth-order valence-electron chi connectivity index (χ4n) is 5.24. The molecule has 0 spiro atoms. The quantitative estimate of drug-likeness (QED) is 0.886. The van der Waals surface area contributed by atoms with Gasteiger partial charge in [0.2, 0.25) is 0 Å². The lowest BCUT2D eigenvalue weighted by Gasteiger charge is -2.47. The van der Waals surface area contributed by atoms with E-state index in [1.807, 2.05) is 6.07 Å². The van der Waals surface area contributed by atoms with E-state index in [0.29, 0.717) is 17.9 Å². The number of aliphatic hydroxyl groups is 1. The number of aliphatic hydroxyl groups excluding tert-OH is 1. The first-order chi connectivity index (χ1) is 11.9. The predicted molar refractivity (Wildman–Crippen MR) is 100 cm³/mol. The number of rotatable bonds is 5. The second-order valence-corrected chi connectivity index (χ2v) is 8.37. The Morgan fingerprint density at radius 1 is 1.24 bits per heavy atom. The minimum Gasteiger partial charge on any atom is -0.493 e. The van der Waals surface area contributed by atoms with Gasteiger partial charge in [-0.05, 0) is 68.8 Å². The molecule has 2 aliphatic rings. The van der Waals surface area contributed by atoms with Crippen LogP contribution in [0, 0.1) is 11.8 Å². The maximum atomic E-state index is 10.8. The summed E-state index contributed by atoms with van der Waals surface area (Å²) in [5.74, 6) is 2.56. The molecule has 0 radical (unpaired) electrons. The summed E-state index contributed by atoms with van der Waals surface area (Å²) in [4.78, 5) is 2.44. The highest BCUT2D eigenvalue weighted by Gasteiger charge is 2.53. The summed E-state index contributed by atoms with van der Waals surface area (Å²) in [5, 5.41) is 10.8. The van der Waals surface area contributed by atoms with Crippen LogP contribution in [0.1, 0.15) is 45.1 Å². The first-order valence-corrected chi connectivity index (χ1v) is 9.52. The molecular formula is C21H33NO3. The van der Waals surface area contributed by atoms with E-state index in [0.717, 1.165) is 43.7 Å². The third-order valence-corrected chi connectivity index (χ3v) is 6.45. The number of likely N-dealkylation sites (tertiary alicyclic amines) is 1. The predicted octanol–water partition coefficient (Wildman–Crippen LogP) is 3.46. The van der Waals surface area contributed by atoms with Crippen molar-refractivity contribution < 1.29 is 14.6 Å². The molecule has 140 valence electrons. The van der Waals surface area contributed by atoms with E-state index < -0.39 is 0 Å². The van der Waals surface area contributed by atoms with Gasteiger partial charge in [0.05, 0.1) is 20.3 Å². The fraction of sp³-hybridized carbons (Fsp3) is 0.714. The molecule has 1 aliphatic heterocycles. The summed E-state index contributed by atoms with van der Waals surface area (Å²) >= 11 is 0. The van der Waals surface area contributed by atoms with Gasteiger partial charge in [0.1, 0.15) is 0 Å². The maximum absolute atomic E-state index is 10.8. The number of nitrogens with zero attached hydrogens (tertiary/aromatic N) is 1. The van der Waals surface area contributed by atoms with Crippen molar-refractivity contribution in [2.24, 2.45) is 11.8 Å². The van der Waals surface area contributed by atoms with Gasteiger partial charge in [-0.15, -0.1) is 0 Å². The van der Waals surface area contributed by atoms with Crippen LogP contribution in [0.5, 0.6) is 11.5 Å². The Kier molecular flexibility index (Phi) is 5.31. The van der Waals surface area contributed by atoms with E-state index in [2.05, 4.69) is 37.9 Å². The Morgan fingerprint density at radius 2 is 1.96 bits per heavy atom. The van der Waals surface area contributed by atoms with Gasteiger partial charge in [0.15, 0.2) is 11.5 Å². The minimum absolute atomic E-state index is 0.104. The molecule has 1 heterocycles. The van der Waals surface area contributed by atoms with Crippen LogP contribution in [0.2, 0.25) is 0 Å². The van der Waals surface area contributed by atoms with Crippen molar-refractivity contribution in [3.63, 3.8) is 0 Å². The Balaban J connectivity index is 2.00. The minimum atomic E-state index is -0.193. The highest BCUT2D eigenvalue weighted by Crippen LogP contribution is 2.52. The Hall–Kier alpha value is -1.26. The summed E-state index contributed by atoms with van der Waals surface area (Å²) in [6.07, 6.45) is 3.96. The first-order valence-electron chi connectivity index (χ1n) is 9.52. The van der Waals surface area contributed by atoms with Crippen molar-refractivity contribution in [2.45, 2.75) is 57.1 Å². The zero-order valence-corrected chi connectivity index (χ0v) is 16.3. The highest BCUT2D eigenvalue weighted by atomic mass is 16.5. The molecule has 1 aromatic carbocycles. The van der Waals surface area contributed by atoms with Gasteiger partial charge >= 0.3 is 0 Å². The van der Waals surface area contributed by atoms with E-state index >= 15 is 0 Å². The molecule has 0 amide bonds. The molecule has 1 N–H and O–H groups in total. The van der Waals surface area contributed by atoms with Crippen molar-refractivity contribution in [1.29, 1.82) is 0 Å². The highest BCUT2D eigenvalue weighted by molar-refractivity contribution is 5.46. The van der Waals surface area contributed by atoms with Gasteiger partial charge in [-0.25, -0.2) is 0 Å². The second-order valence-electron chi connectivity index (χ2n) is 8.37. The molecule has 4 nitrogen and oxygen atoms in total. The molecule has 2 fully saturated rings. The van der Waals surface area contributed by atoms with Crippen molar-refractivity contribution in [3.8, 4) is 11.5 Å². The van der Waals surface area contributed by atoms with Crippen molar-refractivity contribution in [3.05, 3.63) is 23.8 Å². The molecular weight excluding hydrogens is 314 g/mol. The SMILES string of the molecule is COc1ccc([C@]23CCN(C)[C@H]2C[C@@H](O)[C@@H](CC(C)C)C3)cc1OC. The zero-order chi connectivity index (χ0) is 18.2. The topological polar surface area (TPSA) is 41.9 Å². The molecule has 0 unspecified atom stereocenters. The van der Waals surface area contributed by atoms with Gasteiger partial charge in [-0.2, -0.15) is 0 Å². The Bertz CT molecular complexity index is 603. The molecule has 4 heteroatoms. The molecule has 1 saturated carbocycles. The summed E-state index contributed by atoms with van der Waals surface area (Å²) in [6, 6.07) is 6.79. The molecule has 1 aromatic rings. The molecule has 0 bridgehead atoms. The average Bonchev–Trinajstić information content (AvgIpc) is 2.91. The number of benzene rings is 1. The van der Waals surface area contributed by atoms with Crippen LogP contribution in [0.3, 0.4) is 0 Å². The lowest BCUT2D eigenvalue weighted by molar-refractivity contribution is -0.000799. The third-order valence-electron chi connectivity index (χ3n) is 6.45. The van der Waals surface area contributed by atoms with Crippen LogP contribution in [0.15, 0.2) is 18.2 Å². The summed E-state index contributed by atoms with van der Waals surface area (Å²) in [5.41, 5.74) is 1.44. The summed E-state index contributed by atoms with van der Waals surface area (Å²) < 4.78 is 11.0. The van der Waals surface area contributed by atoms with E-state index in [1.165, 1.54) is 5.56 Å². The molecule has 1 saturated heterocycles. The Morgan fingerprint density at radius 3 is 2.60 bits per heavy atom. The summed E-state index contributed by atoms with van der Waals surface area (Å²) in [6.45, 7) is 5.59. The van der Waals surface area contributed by atoms with Crippen LogP contribution in [-0.2, 0) is 5.41 Å². The van der Waals surface area contributed by atoms with Crippen LogP contribution < -0.4 is 9.47 Å². The largest absolute Gasteiger partial charge is 0.493 e. The lowest BCUT2D eigenvalue weighted by Crippen LogP contribution is -2.51. The monoisotopic (exact) mass is 347 g/mol. The maximum Gasteiger partial charge on any atom is 0.161 e. The van der Waals surface area contributed by atoms with Crippen LogP contribution in [0.25, 0.3) is 0 Å². The number of hydrogen-bond donors (Lipinski definition) is 1. The van der Waals surface area contributed by atoms with Gasteiger partial charge in [-0.3, -0.25) is 0 Å². The third kappa shape index (κ3) is 3.26. The molecule has 4 atom stereocenters. The van der Waals surface area contributed by atoms with E-state index in [4.69, 9.17) is 9.47 Å². The van der Waals surface area contributed by atoms with Crippen LogP contribution in [-0.4, -0.2) is 50.0 Å². The van der Waals surface area contributed by atoms with Crippen molar-refractivity contribution in [2.75, 3.05) is 27.8 Å². The van der Waals surface area contributed by atoms with E-state index in [-0.39, 0.29) is 11.5 Å². The van der Waals surface area contributed by atoms with Crippen LogP contribution in [0.4, 0.5) is 0 Å². The standard InChI is InChI=1S/C21H33NO3/c1-14(2)10-15-13-21(8-9-22(3)20(21)12-17(15)23)16-6-7-18(24-4)19(11-16)25-5/h6-7,11,14-15,17,20,23H,8-10,12-13H2,1-5H3/t15-,17+,20-,21+/m0/s1. The molecule has 3 rings (SSSR count). The van der Waals surface area contributed by atoms with Crippen molar-refractivity contribution in [1.82, 2.24) is 4.90 Å². The Labute approximate surface area is 152 Å². The average molecular weight is 347 g/mol. The molecule has 0 aromatic heterocycles. The number of methoxy groups -OCH3 is 2. The van der Waals surface area contributed by atoms with Gasteiger partial charge in [-0.1, -0.05) is 19.9 Å². The van der Waals surface area contributed by atoms with Crippen LogP contribution >= 0.6 is 0 Å².